The third-order valence-corrected chi connectivity index (χ3v) is 6.05. The molecule has 0 N–H and O–H groups in total. The van der Waals surface area contributed by atoms with Gasteiger partial charge in [0.05, 0.1) is 22.6 Å². The third kappa shape index (κ3) is 2.97. The molecule has 0 fully saturated rings. The molecule has 3 rings (SSSR count). The molecule has 2 heterocycles. The predicted molar refractivity (Wildman–Crippen MR) is 84.0 cm³/mol. The Kier molecular flexibility index (Phi) is 4.00. The molecule has 3 aromatic rings. The van der Waals surface area contributed by atoms with Crippen LogP contribution in [0.4, 0.5) is 5.13 Å². The lowest BCUT2D eigenvalue weighted by molar-refractivity contribution is 0.590. The van der Waals surface area contributed by atoms with E-state index in [9.17, 15) is 8.42 Å². The summed E-state index contributed by atoms with van der Waals surface area (Å²) < 4.78 is 26.9. The average molecular weight is 337 g/mol. The van der Waals surface area contributed by atoms with Gasteiger partial charge in [-0.25, -0.2) is 22.7 Å². The monoisotopic (exact) mass is 337 g/mol. The molecule has 0 amide bonds. The van der Waals surface area contributed by atoms with Gasteiger partial charge in [-0.15, -0.1) is 22.7 Å². The first-order valence-corrected chi connectivity index (χ1v) is 9.28. The fraction of sp³-hybridized carbons (Fsp3) is 0.0769. The third-order valence-electron chi connectivity index (χ3n) is 2.75. The Labute approximate surface area is 130 Å². The van der Waals surface area contributed by atoms with Crippen molar-refractivity contribution in [1.29, 1.82) is 0 Å². The molecule has 0 bridgehead atoms. The lowest BCUT2D eigenvalue weighted by atomic mass is 10.4. The van der Waals surface area contributed by atoms with Gasteiger partial charge in [0, 0.05) is 17.0 Å². The Hall–Kier alpha value is -1.77. The van der Waals surface area contributed by atoms with E-state index in [1.165, 1.54) is 27.0 Å². The van der Waals surface area contributed by atoms with E-state index in [4.69, 9.17) is 0 Å². The van der Waals surface area contributed by atoms with E-state index < -0.39 is 10.0 Å². The van der Waals surface area contributed by atoms with Crippen LogP contribution in [0.25, 0.3) is 0 Å². The zero-order chi connectivity index (χ0) is 14.7. The van der Waals surface area contributed by atoms with Crippen LogP contribution in [0.15, 0.2) is 57.7 Å². The topological polar surface area (TPSA) is 63.2 Å². The number of sulfonamides is 1. The molecule has 0 atom stereocenters. The van der Waals surface area contributed by atoms with E-state index in [2.05, 4.69) is 9.97 Å². The number of thiazole rings is 2. The van der Waals surface area contributed by atoms with Crippen LogP contribution in [0.1, 0.15) is 5.69 Å². The zero-order valence-corrected chi connectivity index (χ0v) is 13.2. The van der Waals surface area contributed by atoms with Crippen molar-refractivity contribution in [3.63, 3.8) is 0 Å². The summed E-state index contributed by atoms with van der Waals surface area (Å²) in [6, 6.07) is 8.35. The number of anilines is 1. The maximum absolute atomic E-state index is 12.8. The Morgan fingerprint density at radius 1 is 1.14 bits per heavy atom. The van der Waals surface area contributed by atoms with Crippen molar-refractivity contribution in [3.05, 3.63) is 58.5 Å². The molecule has 21 heavy (non-hydrogen) atoms. The van der Waals surface area contributed by atoms with Gasteiger partial charge < -0.3 is 0 Å². The first-order valence-electron chi connectivity index (χ1n) is 6.02. The summed E-state index contributed by atoms with van der Waals surface area (Å²) in [7, 11) is -3.65. The van der Waals surface area contributed by atoms with Crippen molar-refractivity contribution < 1.29 is 8.42 Å². The van der Waals surface area contributed by atoms with E-state index in [-0.39, 0.29) is 11.4 Å². The maximum Gasteiger partial charge on any atom is 0.266 e. The second kappa shape index (κ2) is 5.92. The molecule has 0 spiro atoms. The summed E-state index contributed by atoms with van der Waals surface area (Å²) in [5.74, 6) is 0. The SMILES string of the molecule is O=S(=O)(c1ccccc1)N(Cc1cscn1)c1nccs1. The average Bonchev–Trinajstić information content (AvgIpc) is 3.19. The van der Waals surface area contributed by atoms with Crippen LogP contribution in [-0.4, -0.2) is 18.4 Å². The van der Waals surface area contributed by atoms with E-state index in [1.54, 1.807) is 47.4 Å². The summed E-state index contributed by atoms with van der Waals surface area (Å²) >= 11 is 2.72. The molecule has 0 saturated carbocycles. The zero-order valence-electron chi connectivity index (χ0n) is 10.8. The summed E-state index contributed by atoms with van der Waals surface area (Å²) in [5, 5.41) is 4.03. The molecule has 0 radical (unpaired) electrons. The normalized spacial score (nSPS) is 11.4. The largest absolute Gasteiger partial charge is 0.266 e. The standard InChI is InChI=1S/C13H11N3O2S3/c17-21(18,12-4-2-1-3-5-12)16(13-14-6-7-20-13)8-11-9-19-10-15-11/h1-7,9-10H,8H2. The van der Waals surface area contributed by atoms with Crippen molar-refractivity contribution in [2.75, 3.05) is 4.31 Å². The van der Waals surface area contributed by atoms with E-state index >= 15 is 0 Å². The van der Waals surface area contributed by atoms with Crippen LogP contribution < -0.4 is 4.31 Å². The number of hydrogen-bond donors (Lipinski definition) is 0. The minimum atomic E-state index is -3.65. The second-order valence-corrected chi connectivity index (χ2v) is 7.57. The molecular formula is C13H11N3O2S3. The Bertz CT molecular complexity index is 785. The smallest absolute Gasteiger partial charge is 0.248 e. The Morgan fingerprint density at radius 3 is 2.57 bits per heavy atom. The van der Waals surface area contributed by atoms with Crippen molar-refractivity contribution in [2.24, 2.45) is 0 Å². The van der Waals surface area contributed by atoms with E-state index in [0.29, 0.717) is 10.8 Å². The molecule has 8 heteroatoms. The van der Waals surface area contributed by atoms with Crippen molar-refractivity contribution in [3.8, 4) is 0 Å². The molecule has 0 aliphatic carbocycles. The van der Waals surface area contributed by atoms with Crippen LogP contribution in [0.5, 0.6) is 0 Å². The van der Waals surface area contributed by atoms with Crippen LogP contribution in [0, 0.1) is 0 Å². The van der Waals surface area contributed by atoms with Crippen LogP contribution in [0.2, 0.25) is 0 Å². The van der Waals surface area contributed by atoms with Crippen LogP contribution in [0.3, 0.4) is 0 Å². The highest BCUT2D eigenvalue weighted by Gasteiger charge is 2.27. The second-order valence-electron chi connectivity index (χ2n) is 4.12. The van der Waals surface area contributed by atoms with Crippen molar-refractivity contribution in [2.45, 2.75) is 11.4 Å². The van der Waals surface area contributed by atoms with Gasteiger partial charge >= 0.3 is 0 Å². The fourth-order valence-electron chi connectivity index (χ4n) is 1.78. The van der Waals surface area contributed by atoms with Gasteiger partial charge in [-0.3, -0.25) is 0 Å². The first kappa shape index (κ1) is 14.2. The molecule has 1 aromatic carbocycles. The van der Waals surface area contributed by atoms with E-state index in [0.717, 1.165) is 0 Å². The van der Waals surface area contributed by atoms with Gasteiger partial charge in [-0.05, 0) is 12.1 Å². The van der Waals surface area contributed by atoms with Crippen molar-refractivity contribution >= 4 is 37.8 Å². The first-order chi connectivity index (χ1) is 10.2. The highest BCUT2D eigenvalue weighted by Crippen LogP contribution is 2.27. The molecule has 5 nitrogen and oxygen atoms in total. The number of hydrogen-bond acceptors (Lipinski definition) is 6. The van der Waals surface area contributed by atoms with Gasteiger partial charge in [0.15, 0.2) is 5.13 Å². The lowest BCUT2D eigenvalue weighted by Crippen LogP contribution is -2.30. The van der Waals surface area contributed by atoms with Gasteiger partial charge in [-0.1, -0.05) is 18.2 Å². The molecule has 2 aromatic heterocycles. The quantitative estimate of drug-likeness (QED) is 0.718. The lowest BCUT2D eigenvalue weighted by Gasteiger charge is -2.20. The number of rotatable bonds is 5. The van der Waals surface area contributed by atoms with E-state index in [1.807, 2.05) is 5.38 Å². The summed E-state index contributed by atoms with van der Waals surface area (Å²) in [4.78, 5) is 8.54. The summed E-state index contributed by atoms with van der Waals surface area (Å²) in [6.45, 7) is 0.175. The molecule has 0 aliphatic rings. The number of nitrogens with zero attached hydrogens (tertiary/aromatic N) is 3. The van der Waals surface area contributed by atoms with Gasteiger partial charge in [0.2, 0.25) is 0 Å². The van der Waals surface area contributed by atoms with Crippen LogP contribution >= 0.6 is 22.7 Å². The molecule has 108 valence electrons. The fourth-order valence-corrected chi connectivity index (χ4v) is 4.61. The minimum absolute atomic E-state index is 0.175. The molecule has 0 saturated heterocycles. The summed E-state index contributed by atoms with van der Waals surface area (Å²) in [5.41, 5.74) is 2.39. The predicted octanol–water partition coefficient (Wildman–Crippen LogP) is 3.00. The number of aromatic nitrogens is 2. The minimum Gasteiger partial charge on any atom is -0.248 e. The highest BCUT2D eigenvalue weighted by atomic mass is 32.2. The maximum atomic E-state index is 12.8. The highest BCUT2D eigenvalue weighted by molar-refractivity contribution is 7.93. The van der Waals surface area contributed by atoms with Gasteiger partial charge in [0.1, 0.15) is 0 Å². The number of benzene rings is 1. The Morgan fingerprint density at radius 2 is 1.95 bits per heavy atom. The molecule has 0 aliphatic heterocycles. The van der Waals surface area contributed by atoms with Gasteiger partial charge in [0.25, 0.3) is 10.0 Å². The molecular weight excluding hydrogens is 326 g/mol. The van der Waals surface area contributed by atoms with Crippen molar-refractivity contribution in [1.82, 2.24) is 9.97 Å². The van der Waals surface area contributed by atoms with Gasteiger partial charge in [-0.2, -0.15) is 0 Å². The van der Waals surface area contributed by atoms with Crippen LogP contribution in [-0.2, 0) is 16.6 Å². The Balaban J connectivity index is 2.03. The molecule has 0 unspecified atom stereocenters. The summed E-state index contributed by atoms with van der Waals surface area (Å²) in [6.07, 6.45) is 1.59.